The molecule has 0 fully saturated rings. The first-order valence-electron chi connectivity index (χ1n) is 9.52. The van der Waals surface area contributed by atoms with Crippen LogP contribution in [0.4, 0.5) is 19.0 Å². The van der Waals surface area contributed by atoms with E-state index in [9.17, 15) is 18.0 Å². The number of ether oxygens (including phenoxy) is 1. The van der Waals surface area contributed by atoms with Gasteiger partial charge in [-0.25, -0.2) is 15.0 Å². The van der Waals surface area contributed by atoms with Gasteiger partial charge in [0.1, 0.15) is 5.75 Å². The van der Waals surface area contributed by atoms with E-state index in [1.807, 2.05) is 19.1 Å². The van der Waals surface area contributed by atoms with E-state index in [1.54, 1.807) is 13.0 Å². The summed E-state index contributed by atoms with van der Waals surface area (Å²) < 4.78 is 46.9. The molecular weight excluding hydrogens is 423 g/mol. The van der Waals surface area contributed by atoms with Crippen molar-refractivity contribution < 1.29 is 22.7 Å². The molecule has 0 atom stereocenters. The minimum Gasteiger partial charge on any atom is -0.497 e. The number of halogens is 3. The first-order chi connectivity index (χ1) is 15.2. The monoisotopic (exact) mass is 441 g/mol. The van der Waals surface area contributed by atoms with Crippen LogP contribution in [0.15, 0.2) is 48.8 Å². The van der Waals surface area contributed by atoms with Gasteiger partial charge in [-0.15, -0.1) is 0 Å². The van der Waals surface area contributed by atoms with Crippen molar-refractivity contribution >= 4 is 22.8 Å². The first kappa shape index (κ1) is 21.3. The van der Waals surface area contributed by atoms with Crippen LogP contribution in [-0.4, -0.2) is 32.5 Å². The summed E-state index contributed by atoms with van der Waals surface area (Å²) in [7, 11) is 1.42. The van der Waals surface area contributed by atoms with Gasteiger partial charge in [-0.3, -0.25) is 9.36 Å². The topological polar surface area (TPSA) is 81.9 Å². The predicted octanol–water partition coefficient (Wildman–Crippen LogP) is 4.71. The molecule has 2 heterocycles. The zero-order valence-corrected chi connectivity index (χ0v) is 17.4. The van der Waals surface area contributed by atoms with Crippen LogP contribution in [0, 0.1) is 13.8 Å². The van der Waals surface area contributed by atoms with Crippen LogP contribution >= 0.6 is 0 Å². The Morgan fingerprint density at radius 1 is 1.06 bits per heavy atom. The molecule has 0 unspecified atom stereocenters. The third-order valence-electron chi connectivity index (χ3n) is 4.86. The van der Waals surface area contributed by atoms with Crippen LogP contribution in [0.3, 0.4) is 0 Å². The molecule has 2 aromatic heterocycles. The van der Waals surface area contributed by atoms with Crippen LogP contribution in [0.2, 0.25) is 0 Å². The highest BCUT2D eigenvalue weighted by Crippen LogP contribution is 2.34. The van der Waals surface area contributed by atoms with E-state index < -0.39 is 12.0 Å². The van der Waals surface area contributed by atoms with Crippen molar-refractivity contribution in [3.8, 4) is 11.6 Å². The number of aromatic nitrogens is 4. The lowest BCUT2D eigenvalue weighted by atomic mass is 10.1. The largest absolute Gasteiger partial charge is 0.497 e. The Balaban J connectivity index is 1.70. The Morgan fingerprint density at radius 3 is 2.50 bits per heavy atom. The summed E-state index contributed by atoms with van der Waals surface area (Å²) in [5.74, 6) is -1.12. The number of carbonyl (C=O) groups is 1. The van der Waals surface area contributed by atoms with Gasteiger partial charge >= 0.3 is 6.18 Å². The van der Waals surface area contributed by atoms with Gasteiger partial charge in [-0.05, 0) is 37.6 Å². The number of rotatable bonds is 4. The van der Waals surface area contributed by atoms with E-state index in [1.165, 1.54) is 31.5 Å². The summed E-state index contributed by atoms with van der Waals surface area (Å²) in [5, 5.41) is 2.62. The molecule has 0 radical (unpaired) electrons. The number of benzene rings is 2. The maximum Gasteiger partial charge on any atom is 0.450 e. The standard InChI is InChI=1S/C22H18F3N5O2/c1-12-4-5-13(2)15(8-12)20(31)29-18-10-27-19(11-26-18)30-17-7-6-14(32-3)9-16(17)28-21(30)22(23,24)25/h4-11H,1-3H3,(H,26,29,31). The number of aryl methyl sites for hydroxylation is 2. The molecule has 10 heteroatoms. The van der Waals surface area contributed by atoms with Crippen molar-refractivity contribution in [2.24, 2.45) is 0 Å². The Kier molecular flexibility index (Phi) is 5.29. The molecule has 0 bridgehead atoms. The second-order valence-corrected chi connectivity index (χ2v) is 7.16. The summed E-state index contributed by atoms with van der Waals surface area (Å²) >= 11 is 0. The van der Waals surface area contributed by atoms with Crippen molar-refractivity contribution in [1.29, 1.82) is 0 Å². The van der Waals surface area contributed by atoms with Crippen molar-refractivity contribution in [2.75, 3.05) is 12.4 Å². The molecule has 7 nitrogen and oxygen atoms in total. The summed E-state index contributed by atoms with van der Waals surface area (Å²) in [6.45, 7) is 3.68. The summed E-state index contributed by atoms with van der Waals surface area (Å²) in [5.41, 5.74) is 2.48. The normalized spacial score (nSPS) is 11.6. The maximum absolute atomic E-state index is 13.6. The highest BCUT2D eigenvalue weighted by Gasteiger charge is 2.38. The molecule has 164 valence electrons. The fraction of sp³-hybridized carbons (Fsp3) is 0.182. The lowest BCUT2D eigenvalue weighted by Crippen LogP contribution is -2.16. The van der Waals surface area contributed by atoms with Gasteiger partial charge < -0.3 is 10.1 Å². The Bertz CT molecular complexity index is 1310. The van der Waals surface area contributed by atoms with Gasteiger partial charge in [0.05, 0.1) is 30.5 Å². The third kappa shape index (κ3) is 3.98. The molecule has 1 N–H and O–H groups in total. The molecular formula is C22H18F3N5O2. The summed E-state index contributed by atoms with van der Waals surface area (Å²) in [6.07, 6.45) is -2.36. The number of alkyl halides is 3. The molecule has 0 aliphatic heterocycles. The van der Waals surface area contributed by atoms with Crippen molar-refractivity contribution in [3.63, 3.8) is 0 Å². The molecule has 0 aliphatic carbocycles. The fourth-order valence-electron chi connectivity index (χ4n) is 3.27. The minimum absolute atomic E-state index is 0.0882. The van der Waals surface area contributed by atoms with Gasteiger partial charge in [0, 0.05) is 11.6 Å². The van der Waals surface area contributed by atoms with Crippen molar-refractivity contribution in [3.05, 3.63) is 71.3 Å². The number of hydrogen-bond donors (Lipinski definition) is 1. The number of amides is 1. The smallest absolute Gasteiger partial charge is 0.450 e. The van der Waals surface area contributed by atoms with Gasteiger partial charge in [0.25, 0.3) is 5.91 Å². The molecule has 0 saturated heterocycles. The van der Waals surface area contributed by atoms with Crippen molar-refractivity contribution in [1.82, 2.24) is 19.5 Å². The number of anilines is 1. The van der Waals surface area contributed by atoms with Gasteiger partial charge in [-0.2, -0.15) is 13.2 Å². The highest BCUT2D eigenvalue weighted by atomic mass is 19.4. The molecule has 0 aliphatic rings. The molecule has 1 amide bonds. The molecule has 4 aromatic rings. The van der Waals surface area contributed by atoms with E-state index >= 15 is 0 Å². The molecule has 0 saturated carbocycles. The average molecular weight is 441 g/mol. The zero-order valence-electron chi connectivity index (χ0n) is 17.4. The first-order valence-corrected chi connectivity index (χ1v) is 9.52. The van der Waals surface area contributed by atoms with Crippen LogP contribution in [-0.2, 0) is 6.18 Å². The van der Waals surface area contributed by atoms with E-state index in [2.05, 4.69) is 20.3 Å². The predicted molar refractivity (Wildman–Crippen MR) is 112 cm³/mol. The van der Waals surface area contributed by atoms with Crippen LogP contribution < -0.4 is 10.1 Å². The minimum atomic E-state index is -4.72. The number of carbonyl (C=O) groups excluding carboxylic acids is 1. The van der Waals surface area contributed by atoms with E-state index in [-0.39, 0.29) is 28.6 Å². The Morgan fingerprint density at radius 2 is 1.84 bits per heavy atom. The Labute approximate surface area is 180 Å². The van der Waals surface area contributed by atoms with E-state index in [0.717, 1.165) is 21.9 Å². The highest BCUT2D eigenvalue weighted by molar-refractivity contribution is 6.04. The average Bonchev–Trinajstić information content (AvgIpc) is 3.15. The number of nitrogens with one attached hydrogen (secondary N) is 1. The number of nitrogens with zero attached hydrogens (tertiary/aromatic N) is 4. The number of hydrogen-bond acceptors (Lipinski definition) is 5. The molecule has 0 spiro atoms. The second-order valence-electron chi connectivity index (χ2n) is 7.16. The summed E-state index contributed by atoms with van der Waals surface area (Å²) in [4.78, 5) is 24.5. The number of methoxy groups -OCH3 is 1. The lowest BCUT2D eigenvalue weighted by Gasteiger charge is -2.11. The lowest BCUT2D eigenvalue weighted by molar-refractivity contribution is -0.145. The fourth-order valence-corrected chi connectivity index (χ4v) is 3.27. The number of imidazole rings is 1. The third-order valence-corrected chi connectivity index (χ3v) is 4.86. The quantitative estimate of drug-likeness (QED) is 0.496. The van der Waals surface area contributed by atoms with Crippen LogP contribution in [0.5, 0.6) is 5.75 Å². The SMILES string of the molecule is COc1ccc2c(c1)nc(C(F)(F)F)n2-c1cnc(NC(=O)c2cc(C)ccc2C)cn1. The second kappa shape index (κ2) is 7.95. The van der Waals surface area contributed by atoms with E-state index in [0.29, 0.717) is 11.3 Å². The van der Waals surface area contributed by atoms with Crippen molar-refractivity contribution in [2.45, 2.75) is 20.0 Å². The zero-order chi connectivity index (χ0) is 23.0. The molecule has 2 aromatic carbocycles. The number of fused-ring (bicyclic) bond motifs is 1. The molecule has 4 rings (SSSR count). The maximum atomic E-state index is 13.6. The molecule has 32 heavy (non-hydrogen) atoms. The summed E-state index contributed by atoms with van der Waals surface area (Å²) in [6, 6.07) is 9.88. The van der Waals surface area contributed by atoms with E-state index in [4.69, 9.17) is 4.74 Å². The van der Waals surface area contributed by atoms with Crippen LogP contribution in [0.1, 0.15) is 27.3 Å². The van der Waals surface area contributed by atoms with Gasteiger partial charge in [-0.1, -0.05) is 17.7 Å². The van der Waals surface area contributed by atoms with Crippen LogP contribution in [0.25, 0.3) is 16.9 Å². The van der Waals surface area contributed by atoms with Gasteiger partial charge in [0.15, 0.2) is 11.6 Å². The Hall–Kier alpha value is -3.95. The van der Waals surface area contributed by atoms with Gasteiger partial charge in [0.2, 0.25) is 5.82 Å².